The summed E-state index contributed by atoms with van der Waals surface area (Å²) in [4.78, 5) is 10.2. The van der Waals surface area contributed by atoms with Crippen LogP contribution in [0.25, 0.3) is 0 Å². The van der Waals surface area contributed by atoms with Gasteiger partial charge in [-0.2, -0.15) is 0 Å². The molecule has 2 aromatic rings. The summed E-state index contributed by atoms with van der Waals surface area (Å²) < 4.78 is 68.1. The Bertz CT molecular complexity index is 747. The standard InChI is InChI=1S/C13H10F5NO2S/c14-22(15,16,17,18)10-5-3-8(4-6-10)12(20)11-7-19-21-13(11)9-1-2-9/h3-7,9H,1-2H2. The third-order valence-corrected chi connectivity index (χ3v) is 4.52. The van der Waals surface area contributed by atoms with Gasteiger partial charge in [0.05, 0.1) is 11.8 Å². The summed E-state index contributed by atoms with van der Waals surface area (Å²) in [6.07, 6.45) is 2.88. The Morgan fingerprint density at radius 2 is 1.68 bits per heavy atom. The molecule has 1 aliphatic carbocycles. The first-order chi connectivity index (χ1) is 9.95. The number of rotatable bonds is 4. The predicted molar refractivity (Wildman–Crippen MR) is 69.7 cm³/mol. The molecule has 22 heavy (non-hydrogen) atoms. The van der Waals surface area contributed by atoms with Gasteiger partial charge < -0.3 is 4.52 Å². The topological polar surface area (TPSA) is 43.1 Å². The number of benzene rings is 1. The summed E-state index contributed by atoms with van der Waals surface area (Å²) in [5.41, 5.74) is 0.0262. The van der Waals surface area contributed by atoms with Crippen molar-refractivity contribution in [3.8, 4) is 0 Å². The van der Waals surface area contributed by atoms with Gasteiger partial charge in [0.1, 0.15) is 4.90 Å². The van der Waals surface area contributed by atoms with Crippen LogP contribution in [0.2, 0.25) is 0 Å². The lowest BCUT2D eigenvalue weighted by molar-refractivity contribution is 0.103. The highest BCUT2D eigenvalue weighted by Crippen LogP contribution is 3.02. The number of hydrogen-bond donors (Lipinski definition) is 0. The molecular formula is C13H10F5NO2S. The lowest BCUT2D eigenvalue weighted by atomic mass is 10.0. The predicted octanol–water partition coefficient (Wildman–Crippen LogP) is 5.44. The summed E-state index contributed by atoms with van der Waals surface area (Å²) in [5, 5.41) is 3.52. The Morgan fingerprint density at radius 3 is 2.18 bits per heavy atom. The number of ketones is 1. The van der Waals surface area contributed by atoms with Crippen molar-refractivity contribution in [2.24, 2.45) is 0 Å². The van der Waals surface area contributed by atoms with Crippen LogP contribution >= 0.6 is 10.2 Å². The maximum absolute atomic E-state index is 12.6. The smallest absolute Gasteiger partial charge is 0.310 e. The van der Waals surface area contributed by atoms with E-state index in [1.54, 1.807) is 0 Å². The van der Waals surface area contributed by atoms with Crippen LogP contribution in [-0.2, 0) is 0 Å². The van der Waals surface area contributed by atoms with Crippen LogP contribution in [0, 0.1) is 0 Å². The first kappa shape index (κ1) is 15.0. The molecule has 0 unspecified atom stereocenters. The number of hydrogen-bond acceptors (Lipinski definition) is 3. The van der Waals surface area contributed by atoms with Crippen LogP contribution in [0.15, 0.2) is 39.9 Å². The molecule has 0 saturated heterocycles. The molecule has 0 aliphatic heterocycles. The zero-order valence-electron chi connectivity index (χ0n) is 10.9. The SMILES string of the molecule is O=C(c1ccc(S(F)(F)(F)(F)F)cc1)c1cnoc1C1CC1. The van der Waals surface area contributed by atoms with Crippen molar-refractivity contribution >= 4 is 16.0 Å². The van der Waals surface area contributed by atoms with Crippen LogP contribution in [0.5, 0.6) is 0 Å². The fourth-order valence-electron chi connectivity index (χ4n) is 2.08. The van der Waals surface area contributed by atoms with E-state index in [4.69, 9.17) is 4.52 Å². The number of carbonyl (C=O) groups excluding carboxylic acids is 1. The Morgan fingerprint density at radius 1 is 1.09 bits per heavy atom. The molecule has 1 fully saturated rings. The second kappa shape index (κ2) is 3.89. The van der Waals surface area contributed by atoms with Crippen LogP contribution in [0.1, 0.15) is 40.4 Å². The normalized spacial score (nSPS) is 18.6. The molecule has 120 valence electrons. The van der Waals surface area contributed by atoms with E-state index >= 15 is 0 Å². The minimum absolute atomic E-state index is 0.0883. The highest BCUT2D eigenvalue weighted by Gasteiger charge is 2.65. The van der Waals surface area contributed by atoms with Crippen molar-refractivity contribution in [3.63, 3.8) is 0 Å². The fourth-order valence-corrected chi connectivity index (χ4v) is 2.73. The van der Waals surface area contributed by atoms with Gasteiger partial charge in [-0.3, -0.25) is 4.79 Å². The molecule has 0 N–H and O–H groups in total. The zero-order valence-corrected chi connectivity index (χ0v) is 11.8. The maximum Gasteiger partial charge on any atom is 0.310 e. The van der Waals surface area contributed by atoms with E-state index in [9.17, 15) is 24.2 Å². The Labute approximate surface area is 121 Å². The van der Waals surface area contributed by atoms with Crippen molar-refractivity contribution in [1.82, 2.24) is 5.16 Å². The van der Waals surface area contributed by atoms with E-state index in [0.717, 1.165) is 25.0 Å². The molecule has 0 radical (unpaired) electrons. The minimum atomic E-state index is -9.72. The molecule has 0 amide bonds. The van der Waals surface area contributed by atoms with Gasteiger partial charge in [0.15, 0.2) is 11.5 Å². The highest BCUT2D eigenvalue weighted by atomic mass is 32.5. The second-order valence-electron chi connectivity index (χ2n) is 5.20. The van der Waals surface area contributed by atoms with Crippen molar-refractivity contribution < 1.29 is 28.7 Å². The number of carbonyl (C=O) groups is 1. The molecule has 9 heteroatoms. The summed E-state index contributed by atoms with van der Waals surface area (Å²) in [6.45, 7) is 0. The van der Waals surface area contributed by atoms with Crippen molar-refractivity contribution in [1.29, 1.82) is 0 Å². The second-order valence-corrected chi connectivity index (χ2v) is 7.61. The third-order valence-electron chi connectivity index (χ3n) is 3.35. The lowest BCUT2D eigenvalue weighted by Crippen LogP contribution is -2.07. The van der Waals surface area contributed by atoms with Crippen LogP contribution in [-0.4, -0.2) is 10.9 Å². The lowest BCUT2D eigenvalue weighted by Gasteiger charge is -2.40. The molecule has 1 saturated carbocycles. The zero-order chi connectivity index (χ0) is 16.2. The number of aromatic nitrogens is 1. The highest BCUT2D eigenvalue weighted by molar-refractivity contribution is 8.45. The summed E-state index contributed by atoms with van der Waals surface area (Å²) >= 11 is 0. The minimum Gasteiger partial charge on any atom is -0.360 e. The van der Waals surface area contributed by atoms with Gasteiger partial charge in [-0.25, -0.2) is 0 Å². The molecule has 0 spiro atoms. The van der Waals surface area contributed by atoms with Gasteiger partial charge in [0.2, 0.25) is 0 Å². The first-order valence-electron chi connectivity index (χ1n) is 6.29. The largest absolute Gasteiger partial charge is 0.360 e. The Hall–Kier alpha value is -1.90. The Balaban J connectivity index is 1.93. The van der Waals surface area contributed by atoms with E-state index in [-0.39, 0.29) is 29.2 Å². The maximum atomic E-state index is 12.6. The molecule has 0 atom stereocenters. The van der Waals surface area contributed by atoms with E-state index < -0.39 is 20.9 Å². The van der Waals surface area contributed by atoms with Crippen LogP contribution in [0.3, 0.4) is 0 Å². The molecule has 1 aromatic carbocycles. The van der Waals surface area contributed by atoms with Gasteiger partial charge in [-0.05, 0) is 37.1 Å². The van der Waals surface area contributed by atoms with Crippen molar-refractivity contribution in [2.45, 2.75) is 23.7 Å². The van der Waals surface area contributed by atoms with Gasteiger partial charge in [-0.1, -0.05) is 24.6 Å². The average Bonchev–Trinajstić information content (AvgIpc) is 3.13. The van der Waals surface area contributed by atoms with Gasteiger partial charge in [0, 0.05) is 11.5 Å². The van der Waals surface area contributed by atoms with Gasteiger partial charge >= 0.3 is 10.2 Å². The summed E-state index contributed by atoms with van der Waals surface area (Å²) in [5.74, 6) is -0.121. The van der Waals surface area contributed by atoms with Gasteiger partial charge in [-0.15, -0.1) is 0 Å². The Kier molecular flexibility index (Phi) is 2.66. The van der Waals surface area contributed by atoms with E-state index in [1.165, 1.54) is 6.20 Å². The molecule has 1 heterocycles. The van der Waals surface area contributed by atoms with Gasteiger partial charge in [0.25, 0.3) is 0 Å². The summed E-state index contributed by atoms with van der Waals surface area (Å²) in [7, 11) is -9.72. The third kappa shape index (κ3) is 2.85. The quantitative estimate of drug-likeness (QED) is 0.550. The monoisotopic (exact) mass is 339 g/mol. The molecule has 1 aliphatic rings. The van der Waals surface area contributed by atoms with E-state index in [2.05, 4.69) is 5.16 Å². The van der Waals surface area contributed by atoms with E-state index in [0.29, 0.717) is 5.76 Å². The molecule has 0 bridgehead atoms. The van der Waals surface area contributed by atoms with Crippen LogP contribution in [0.4, 0.5) is 19.4 Å². The molecule has 3 nitrogen and oxygen atoms in total. The first-order valence-corrected chi connectivity index (χ1v) is 8.24. The van der Waals surface area contributed by atoms with Crippen LogP contribution < -0.4 is 0 Å². The van der Waals surface area contributed by atoms with Crippen molar-refractivity contribution in [2.75, 3.05) is 0 Å². The molecule has 1 aromatic heterocycles. The number of nitrogens with zero attached hydrogens (tertiary/aromatic N) is 1. The van der Waals surface area contributed by atoms with Crippen molar-refractivity contribution in [3.05, 3.63) is 47.3 Å². The fraction of sp³-hybridized carbons (Fsp3) is 0.231. The average molecular weight is 339 g/mol. The summed E-state index contributed by atoms with van der Waals surface area (Å²) in [6, 6.07) is 1.91. The molecular weight excluding hydrogens is 329 g/mol. The number of halogens is 5. The molecule has 3 rings (SSSR count). The van der Waals surface area contributed by atoms with E-state index in [1.807, 2.05) is 0 Å².